The van der Waals surface area contributed by atoms with Gasteiger partial charge in [0.05, 0.1) is 18.3 Å². The minimum Gasteiger partial charge on any atom is -0.494 e. The highest BCUT2D eigenvalue weighted by atomic mass is 16.5. The average Bonchev–Trinajstić information content (AvgIpc) is 2.49. The summed E-state index contributed by atoms with van der Waals surface area (Å²) < 4.78 is 6.44. The Morgan fingerprint density at radius 2 is 2.07 bits per heavy atom. The lowest BCUT2D eigenvalue weighted by molar-refractivity contribution is 0.196. The largest absolute Gasteiger partial charge is 0.494 e. The molecule has 0 atom stereocenters. The van der Waals surface area contributed by atoms with Crippen LogP contribution in [0.1, 0.15) is 5.69 Å². The van der Waals surface area contributed by atoms with Crippen molar-refractivity contribution in [3.8, 4) is 5.75 Å². The Kier molecular flexibility index (Phi) is 2.11. The van der Waals surface area contributed by atoms with Crippen LogP contribution in [0.15, 0.2) is 24.3 Å². The number of fused-ring (bicyclic) bond motifs is 1. The lowest BCUT2D eigenvalue weighted by atomic mass is 10.2. The van der Waals surface area contributed by atoms with E-state index in [1.165, 1.54) is 4.57 Å². The van der Waals surface area contributed by atoms with Crippen LogP contribution < -0.4 is 4.74 Å². The molecule has 4 heteroatoms. The molecule has 0 amide bonds. The highest BCUT2D eigenvalue weighted by molar-refractivity contribution is 5.95. The van der Waals surface area contributed by atoms with Crippen LogP contribution in [0.3, 0.4) is 0 Å². The van der Waals surface area contributed by atoms with E-state index >= 15 is 0 Å². The molecule has 0 unspecified atom stereocenters. The van der Waals surface area contributed by atoms with Crippen molar-refractivity contribution in [1.82, 2.24) is 4.57 Å². The molecule has 4 nitrogen and oxygen atoms in total. The van der Waals surface area contributed by atoms with Crippen molar-refractivity contribution in [2.24, 2.45) is 0 Å². The van der Waals surface area contributed by atoms with Gasteiger partial charge in [-0.25, -0.2) is 9.36 Å². The topological polar surface area (TPSA) is 51.5 Å². The maximum atomic E-state index is 11.1. The monoisotopic (exact) mass is 205 g/mol. The zero-order valence-corrected chi connectivity index (χ0v) is 8.52. The van der Waals surface area contributed by atoms with Crippen LogP contribution in [-0.4, -0.2) is 22.9 Å². The number of rotatable bonds is 1. The summed E-state index contributed by atoms with van der Waals surface area (Å²) in [6.45, 7) is 1.73. The Morgan fingerprint density at radius 1 is 1.40 bits per heavy atom. The zero-order valence-electron chi connectivity index (χ0n) is 8.52. The number of hydrogen-bond donors (Lipinski definition) is 1. The second-order valence-corrected chi connectivity index (χ2v) is 3.25. The number of carbonyl (C=O) groups is 1. The molecule has 0 aliphatic rings. The molecule has 1 aromatic heterocycles. The molecule has 1 N–H and O–H groups in total. The Labute approximate surface area is 86.7 Å². The summed E-state index contributed by atoms with van der Waals surface area (Å²) in [5, 5.41) is 9.90. The molecule has 0 saturated heterocycles. The summed E-state index contributed by atoms with van der Waals surface area (Å²) in [6.07, 6.45) is -0.994. The van der Waals surface area contributed by atoms with Crippen LogP contribution in [0.25, 0.3) is 10.9 Å². The second kappa shape index (κ2) is 3.31. The van der Waals surface area contributed by atoms with Gasteiger partial charge in [0.1, 0.15) is 5.75 Å². The molecular formula is C11H11NO3. The van der Waals surface area contributed by atoms with Crippen LogP contribution in [-0.2, 0) is 0 Å². The van der Waals surface area contributed by atoms with Crippen LogP contribution in [0.2, 0.25) is 0 Å². The Hall–Kier alpha value is -1.97. The Bertz CT molecular complexity index is 528. The predicted molar refractivity (Wildman–Crippen MR) is 56.6 cm³/mol. The molecule has 78 valence electrons. The zero-order chi connectivity index (χ0) is 11.0. The standard InChI is InChI=1S/C11H11NO3/c1-7-10(15-2)8-5-3-4-6-9(8)12(7)11(13)14/h3-6H,1-2H3,(H,13,14). The minimum absolute atomic E-state index is 0.603. The average molecular weight is 205 g/mol. The fourth-order valence-corrected chi connectivity index (χ4v) is 1.84. The summed E-state index contributed by atoms with van der Waals surface area (Å²) in [6, 6.07) is 7.27. The molecule has 0 saturated carbocycles. The highest BCUT2D eigenvalue weighted by Gasteiger charge is 2.17. The number of nitrogens with zero attached hydrogens (tertiary/aromatic N) is 1. The van der Waals surface area contributed by atoms with E-state index in [0.29, 0.717) is 17.0 Å². The van der Waals surface area contributed by atoms with Crippen molar-refractivity contribution in [2.45, 2.75) is 6.92 Å². The molecule has 0 radical (unpaired) electrons. The number of para-hydroxylation sites is 1. The number of ether oxygens (including phenoxy) is 1. The normalized spacial score (nSPS) is 10.5. The molecule has 0 fully saturated rings. The van der Waals surface area contributed by atoms with Gasteiger partial charge in [-0.15, -0.1) is 0 Å². The van der Waals surface area contributed by atoms with Crippen LogP contribution in [0.5, 0.6) is 5.75 Å². The van der Waals surface area contributed by atoms with E-state index in [-0.39, 0.29) is 0 Å². The third-order valence-corrected chi connectivity index (χ3v) is 2.45. The quantitative estimate of drug-likeness (QED) is 0.778. The lowest BCUT2D eigenvalue weighted by Crippen LogP contribution is -2.09. The minimum atomic E-state index is -0.994. The van der Waals surface area contributed by atoms with Crippen molar-refractivity contribution >= 4 is 17.0 Å². The predicted octanol–water partition coefficient (Wildman–Crippen LogP) is 2.48. The molecule has 0 spiro atoms. The van der Waals surface area contributed by atoms with Crippen molar-refractivity contribution < 1.29 is 14.6 Å². The summed E-state index contributed by atoms with van der Waals surface area (Å²) >= 11 is 0. The number of carboxylic acid groups (broad SMARTS) is 1. The van der Waals surface area contributed by atoms with Gasteiger partial charge in [0.15, 0.2) is 0 Å². The van der Waals surface area contributed by atoms with Crippen molar-refractivity contribution in [1.29, 1.82) is 0 Å². The van der Waals surface area contributed by atoms with E-state index in [2.05, 4.69) is 0 Å². The van der Waals surface area contributed by atoms with Gasteiger partial charge in [0.2, 0.25) is 0 Å². The van der Waals surface area contributed by atoms with E-state index in [4.69, 9.17) is 9.84 Å². The van der Waals surface area contributed by atoms with Gasteiger partial charge in [-0.1, -0.05) is 12.1 Å². The molecule has 15 heavy (non-hydrogen) atoms. The maximum Gasteiger partial charge on any atom is 0.416 e. The molecule has 2 rings (SSSR count). The van der Waals surface area contributed by atoms with Crippen LogP contribution >= 0.6 is 0 Å². The second-order valence-electron chi connectivity index (χ2n) is 3.25. The summed E-state index contributed by atoms with van der Waals surface area (Å²) in [7, 11) is 1.54. The fourth-order valence-electron chi connectivity index (χ4n) is 1.84. The van der Waals surface area contributed by atoms with Crippen molar-refractivity contribution in [2.75, 3.05) is 7.11 Å². The first-order valence-electron chi connectivity index (χ1n) is 4.54. The van der Waals surface area contributed by atoms with Crippen molar-refractivity contribution in [3.63, 3.8) is 0 Å². The molecular weight excluding hydrogens is 194 g/mol. The van der Waals surface area contributed by atoms with E-state index in [1.807, 2.05) is 12.1 Å². The molecule has 0 bridgehead atoms. The van der Waals surface area contributed by atoms with Gasteiger partial charge in [-0.05, 0) is 19.1 Å². The molecule has 0 aliphatic heterocycles. The first-order valence-corrected chi connectivity index (χ1v) is 4.54. The Morgan fingerprint density at radius 3 is 2.67 bits per heavy atom. The van der Waals surface area contributed by atoms with Crippen LogP contribution in [0.4, 0.5) is 4.79 Å². The SMILES string of the molecule is COc1c(C)n(C(=O)O)c2ccccc12. The molecule has 1 aromatic carbocycles. The number of benzene rings is 1. The Balaban J connectivity index is 2.91. The van der Waals surface area contributed by atoms with Gasteiger partial charge in [-0.2, -0.15) is 0 Å². The van der Waals surface area contributed by atoms with E-state index in [0.717, 1.165) is 5.39 Å². The van der Waals surface area contributed by atoms with Gasteiger partial charge in [0, 0.05) is 5.39 Å². The number of methoxy groups -OCH3 is 1. The third-order valence-electron chi connectivity index (χ3n) is 2.45. The number of aromatic nitrogens is 1. The van der Waals surface area contributed by atoms with Crippen molar-refractivity contribution in [3.05, 3.63) is 30.0 Å². The van der Waals surface area contributed by atoms with Gasteiger partial charge >= 0.3 is 6.09 Å². The van der Waals surface area contributed by atoms with Gasteiger partial charge < -0.3 is 9.84 Å². The number of hydrogen-bond acceptors (Lipinski definition) is 2. The van der Waals surface area contributed by atoms with E-state index < -0.39 is 6.09 Å². The maximum absolute atomic E-state index is 11.1. The molecule has 0 aliphatic carbocycles. The lowest BCUT2D eigenvalue weighted by Gasteiger charge is -2.00. The smallest absolute Gasteiger partial charge is 0.416 e. The van der Waals surface area contributed by atoms with Gasteiger partial charge in [0.25, 0.3) is 0 Å². The van der Waals surface area contributed by atoms with E-state index in [1.54, 1.807) is 26.2 Å². The summed E-state index contributed by atoms with van der Waals surface area (Å²) in [5.41, 5.74) is 1.26. The first kappa shape index (κ1) is 9.58. The van der Waals surface area contributed by atoms with Crippen LogP contribution in [0, 0.1) is 6.92 Å². The van der Waals surface area contributed by atoms with E-state index in [9.17, 15) is 4.79 Å². The first-order chi connectivity index (χ1) is 7.16. The highest BCUT2D eigenvalue weighted by Crippen LogP contribution is 2.31. The molecule has 1 heterocycles. The third kappa shape index (κ3) is 1.26. The van der Waals surface area contributed by atoms with Gasteiger partial charge in [-0.3, -0.25) is 0 Å². The molecule has 2 aromatic rings. The summed E-state index contributed by atoms with van der Waals surface area (Å²) in [5.74, 6) is 0.619. The summed E-state index contributed by atoms with van der Waals surface area (Å²) in [4.78, 5) is 11.1. The fraction of sp³-hybridized carbons (Fsp3) is 0.182.